The van der Waals surface area contributed by atoms with Gasteiger partial charge in [0.1, 0.15) is 11.5 Å². The number of nitrogen functional groups attached to an aromatic ring is 1. The zero-order valence-corrected chi connectivity index (χ0v) is 22.3. The first-order valence-electron chi connectivity index (χ1n) is 11.9. The average molecular weight is 515 g/mol. The van der Waals surface area contributed by atoms with Crippen LogP contribution in [0.2, 0.25) is 0 Å². The number of nitrogens with one attached hydrogen (secondary N) is 1. The van der Waals surface area contributed by atoms with Gasteiger partial charge in [-0.3, -0.25) is 9.59 Å². The SMILES string of the molecule is CC(C)(C)c1cnc(CSc2cnc(NC(=O)CCCCCCC(=O)Cc3cccc(N)c3)s2)o1. The lowest BCUT2D eigenvalue weighted by molar-refractivity contribution is -0.118. The van der Waals surface area contributed by atoms with E-state index in [1.807, 2.05) is 24.3 Å². The Balaban J connectivity index is 1.27. The third-order valence-corrected chi connectivity index (χ3v) is 7.42. The van der Waals surface area contributed by atoms with E-state index in [0.29, 0.717) is 41.7 Å². The summed E-state index contributed by atoms with van der Waals surface area (Å²) in [4.78, 5) is 33.0. The number of nitrogens with two attached hydrogens (primary N) is 1. The van der Waals surface area contributed by atoms with E-state index in [2.05, 4.69) is 36.1 Å². The molecule has 188 valence electrons. The number of anilines is 2. The summed E-state index contributed by atoms with van der Waals surface area (Å²) >= 11 is 3.04. The summed E-state index contributed by atoms with van der Waals surface area (Å²) in [6.45, 7) is 6.27. The number of oxazole rings is 1. The van der Waals surface area contributed by atoms with Gasteiger partial charge in [0.2, 0.25) is 11.8 Å². The van der Waals surface area contributed by atoms with Gasteiger partial charge in [0.15, 0.2) is 5.13 Å². The molecule has 1 amide bonds. The molecule has 0 bridgehead atoms. The van der Waals surface area contributed by atoms with Crippen LogP contribution in [-0.2, 0) is 27.2 Å². The van der Waals surface area contributed by atoms with E-state index in [-0.39, 0.29) is 17.1 Å². The predicted octanol–water partition coefficient (Wildman–Crippen LogP) is 6.39. The van der Waals surface area contributed by atoms with E-state index in [0.717, 1.165) is 41.2 Å². The van der Waals surface area contributed by atoms with Crippen LogP contribution in [-0.4, -0.2) is 21.7 Å². The normalized spacial score (nSPS) is 11.5. The van der Waals surface area contributed by atoms with Gasteiger partial charge < -0.3 is 15.5 Å². The molecule has 2 aromatic heterocycles. The molecule has 7 nitrogen and oxygen atoms in total. The van der Waals surface area contributed by atoms with Crippen LogP contribution in [0.25, 0.3) is 0 Å². The number of nitrogens with zero attached hydrogens (tertiary/aromatic N) is 2. The fourth-order valence-electron chi connectivity index (χ4n) is 3.40. The molecule has 3 N–H and O–H groups in total. The summed E-state index contributed by atoms with van der Waals surface area (Å²) < 4.78 is 6.82. The van der Waals surface area contributed by atoms with Gasteiger partial charge in [-0.2, -0.15) is 0 Å². The van der Waals surface area contributed by atoms with Gasteiger partial charge in [0.05, 0.1) is 22.4 Å². The van der Waals surface area contributed by atoms with Crippen LogP contribution < -0.4 is 11.1 Å². The molecule has 0 aliphatic rings. The number of unbranched alkanes of at least 4 members (excludes halogenated alkanes) is 3. The number of rotatable bonds is 13. The standard InChI is InChI=1S/C26H34N4O3S2/c1-26(2,3)21-15-28-23(33-21)17-34-24-16-29-25(35-24)30-22(32)12-7-5-4-6-11-20(31)14-18-9-8-10-19(27)13-18/h8-10,13,15-16H,4-7,11-12,14,17,27H2,1-3H3,(H,29,30,32). The highest BCUT2D eigenvalue weighted by molar-refractivity contribution is 8.00. The molecular weight excluding hydrogens is 480 g/mol. The maximum Gasteiger partial charge on any atom is 0.226 e. The van der Waals surface area contributed by atoms with Crippen molar-refractivity contribution in [2.75, 3.05) is 11.1 Å². The number of benzene rings is 1. The Labute approximate surface area is 215 Å². The molecule has 0 unspecified atom stereocenters. The fraction of sp³-hybridized carbons (Fsp3) is 0.462. The molecule has 2 heterocycles. The minimum Gasteiger partial charge on any atom is -0.444 e. The second-order valence-corrected chi connectivity index (χ2v) is 11.9. The fourth-order valence-corrected chi connectivity index (χ4v) is 5.14. The smallest absolute Gasteiger partial charge is 0.226 e. The number of ketones is 1. The van der Waals surface area contributed by atoms with Crippen LogP contribution in [0.4, 0.5) is 10.8 Å². The first kappa shape index (κ1) is 26.9. The van der Waals surface area contributed by atoms with Gasteiger partial charge in [0, 0.05) is 30.4 Å². The molecule has 0 spiro atoms. The molecule has 9 heteroatoms. The van der Waals surface area contributed by atoms with Crippen molar-refractivity contribution in [3.63, 3.8) is 0 Å². The zero-order valence-electron chi connectivity index (χ0n) is 20.6. The summed E-state index contributed by atoms with van der Waals surface area (Å²) in [5.74, 6) is 2.37. The van der Waals surface area contributed by atoms with E-state index in [4.69, 9.17) is 10.2 Å². The van der Waals surface area contributed by atoms with Crippen molar-refractivity contribution < 1.29 is 14.0 Å². The monoisotopic (exact) mass is 514 g/mol. The first-order valence-corrected chi connectivity index (χ1v) is 13.7. The highest BCUT2D eigenvalue weighted by Gasteiger charge is 2.19. The molecule has 0 radical (unpaired) electrons. The number of thioether (sulfide) groups is 1. The summed E-state index contributed by atoms with van der Waals surface area (Å²) in [5.41, 5.74) is 7.34. The van der Waals surface area contributed by atoms with Gasteiger partial charge in [-0.05, 0) is 30.5 Å². The molecule has 0 fully saturated rings. The van der Waals surface area contributed by atoms with Crippen molar-refractivity contribution in [1.82, 2.24) is 9.97 Å². The highest BCUT2D eigenvalue weighted by Crippen LogP contribution is 2.31. The number of hydrogen-bond donors (Lipinski definition) is 2. The van der Waals surface area contributed by atoms with Crippen molar-refractivity contribution in [2.45, 2.75) is 81.1 Å². The van der Waals surface area contributed by atoms with Crippen molar-refractivity contribution in [2.24, 2.45) is 0 Å². The van der Waals surface area contributed by atoms with Crippen molar-refractivity contribution in [3.8, 4) is 0 Å². The van der Waals surface area contributed by atoms with E-state index in [9.17, 15) is 9.59 Å². The molecular formula is C26H34N4O3S2. The number of hydrogen-bond acceptors (Lipinski definition) is 8. The largest absolute Gasteiger partial charge is 0.444 e. The van der Waals surface area contributed by atoms with E-state index in [1.165, 1.54) is 11.3 Å². The minimum atomic E-state index is -0.0624. The Morgan fingerprint density at radius 1 is 1.09 bits per heavy atom. The van der Waals surface area contributed by atoms with Crippen LogP contribution in [0.15, 0.2) is 45.3 Å². The van der Waals surface area contributed by atoms with Crippen LogP contribution in [0.3, 0.4) is 0 Å². The minimum absolute atomic E-state index is 0.0313. The molecule has 0 aliphatic heterocycles. The Morgan fingerprint density at radius 2 is 1.86 bits per heavy atom. The second-order valence-electron chi connectivity index (χ2n) is 9.56. The number of thiazole rings is 1. The van der Waals surface area contributed by atoms with Gasteiger partial charge in [0.25, 0.3) is 0 Å². The maximum absolute atomic E-state index is 12.2. The molecule has 0 saturated carbocycles. The molecule has 0 saturated heterocycles. The summed E-state index contributed by atoms with van der Waals surface area (Å²) in [5, 5.41) is 3.48. The molecule has 35 heavy (non-hydrogen) atoms. The first-order chi connectivity index (χ1) is 16.7. The molecule has 3 rings (SSSR count). The number of Topliss-reactive ketones (excluding diaryl/α,β-unsaturated/α-hetero) is 1. The Bertz CT molecular complexity index is 1120. The zero-order chi connectivity index (χ0) is 25.3. The number of amides is 1. The van der Waals surface area contributed by atoms with Crippen molar-refractivity contribution in [3.05, 3.63) is 53.9 Å². The maximum atomic E-state index is 12.2. The van der Waals surface area contributed by atoms with Gasteiger partial charge in [-0.25, -0.2) is 9.97 Å². The van der Waals surface area contributed by atoms with Crippen molar-refractivity contribution >= 4 is 45.6 Å². The Kier molecular flexibility index (Phi) is 9.92. The third kappa shape index (κ3) is 9.49. The molecule has 0 aliphatic carbocycles. The van der Waals surface area contributed by atoms with Crippen LogP contribution >= 0.6 is 23.1 Å². The molecule has 0 atom stereocenters. The Hall–Kier alpha value is -2.65. The molecule has 3 aromatic rings. The van der Waals surface area contributed by atoms with Crippen LogP contribution in [0.5, 0.6) is 0 Å². The van der Waals surface area contributed by atoms with Gasteiger partial charge in [-0.15, -0.1) is 11.8 Å². The summed E-state index contributed by atoms with van der Waals surface area (Å²) in [6.07, 6.45) is 8.48. The number of aromatic nitrogens is 2. The number of carbonyl (C=O) groups is 2. The topological polar surface area (TPSA) is 111 Å². The summed E-state index contributed by atoms with van der Waals surface area (Å²) in [6, 6.07) is 7.46. The van der Waals surface area contributed by atoms with E-state index in [1.54, 1.807) is 24.2 Å². The molecule has 1 aromatic carbocycles. The second kappa shape index (κ2) is 12.9. The highest BCUT2D eigenvalue weighted by atomic mass is 32.2. The van der Waals surface area contributed by atoms with E-state index < -0.39 is 0 Å². The van der Waals surface area contributed by atoms with Crippen LogP contribution in [0, 0.1) is 0 Å². The predicted molar refractivity (Wildman–Crippen MR) is 143 cm³/mol. The quantitative estimate of drug-likeness (QED) is 0.154. The lowest BCUT2D eigenvalue weighted by Crippen LogP contribution is -2.10. The average Bonchev–Trinajstić information content (AvgIpc) is 3.44. The van der Waals surface area contributed by atoms with Gasteiger partial charge >= 0.3 is 0 Å². The van der Waals surface area contributed by atoms with E-state index >= 15 is 0 Å². The lowest BCUT2D eigenvalue weighted by Gasteiger charge is -2.12. The lowest BCUT2D eigenvalue weighted by atomic mass is 9.94. The third-order valence-electron chi connectivity index (χ3n) is 5.32. The Morgan fingerprint density at radius 3 is 2.57 bits per heavy atom. The van der Waals surface area contributed by atoms with Crippen molar-refractivity contribution in [1.29, 1.82) is 0 Å². The summed E-state index contributed by atoms with van der Waals surface area (Å²) in [7, 11) is 0. The van der Waals surface area contributed by atoms with Crippen LogP contribution in [0.1, 0.15) is 76.5 Å². The number of carbonyl (C=O) groups excluding carboxylic acids is 2. The van der Waals surface area contributed by atoms with Gasteiger partial charge in [-0.1, -0.05) is 57.1 Å².